The molecular formula is C20H28N6O2S. The number of nitrogens with zero attached hydrogens (tertiary/aromatic N) is 6. The van der Waals surface area contributed by atoms with Crippen molar-refractivity contribution in [1.29, 1.82) is 0 Å². The molecule has 0 saturated carbocycles. The number of piperazine rings is 1. The van der Waals surface area contributed by atoms with Gasteiger partial charge in [-0.25, -0.2) is 4.68 Å². The third-order valence-electron chi connectivity index (χ3n) is 5.46. The van der Waals surface area contributed by atoms with Crippen LogP contribution in [-0.2, 0) is 22.6 Å². The van der Waals surface area contributed by atoms with Gasteiger partial charge in [-0.15, -0.1) is 5.10 Å². The quantitative estimate of drug-likeness (QED) is 0.636. The topological polar surface area (TPSA) is 76.4 Å². The monoisotopic (exact) mass is 416 g/mol. The molecule has 8 nitrogen and oxygen atoms in total. The number of carbonyl (C=O) groups excluding carboxylic acids is 1. The number of tetrazole rings is 1. The molecule has 0 radical (unpaired) electrons. The van der Waals surface area contributed by atoms with Crippen molar-refractivity contribution in [3.8, 4) is 0 Å². The summed E-state index contributed by atoms with van der Waals surface area (Å²) < 4.78 is 7.44. The van der Waals surface area contributed by atoms with Crippen molar-refractivity contribution < 1.29 is 9.53 Å². The standard InChI is InChI=1S/C20H28N6O2S/c1-16(29-20-21-22-23-26(20)15-18-8-5-13-28-18)19(27)25-11-9-24(10-12-25)14-17-6-3-2-4-7-17/h2-4,6-7,16,18H,5,8-15H2,1H3. The maximum atomic E-state index is 12.9. The highest BCUT2D eigenvalue weighted by Crippen LogP contribution is 2.24. The van der Waals surface area contributed by atoms with Crippen molar-refractivity contribution >= 4 is 17.7 Å². The van der Waals surface area contributed by atoms with E-state index in [9.17, 15) is 4.79 Å². The molecule has 0 aliphatic carbocycles. The summed E-state index contributed by atoms with van der Waals surface area (Å²) in [6, 6.07) is 10.5. The second-order valence-electron chi connectivity index (χ2n) is 7.63. The first-order valence-corrected chi connectivity index (χ1v) is 11.2. The minimum Gasteiger partial charge on any atom is -0.376 e. The minimum absolute atomic E-state index is 0.154. The summed E-state index contributed by atoms with van der Waals surface area (Å²) in [6.45, 7) is 7.65. The molecule has 2 atom stereocenters. The summed E-state index contributed by atoms with van der Waals surface area (Å²) in [5.41, 5.74) is 1.31. The molecule has 0 bridgehead atoms. The van der Waals surface area contributed by atoms with E-state index in [1.54, 1.807) is 4.68 Å². The van der Waals surface area contributed by atoms with E-state index in [4.69, 9.17) is 4.74 Å². The lowest BCUT2D eigenvalue weighted by Gasteiger charge is -2.35. The highest BCUT2D eigenvalue weighted by Gasteiger charge is 2.27. The molecule has 9 heteroatoms. The van der Waals surface area contributed by atoms with Crippen LogP contribution in [0.1, 0.15) is 25.3 Å². The molecule has 2 aliphatic heterocycles. The van der Waals surface area contributed by atoms with Crippen LogP contribution in [-0.4, -0.2) is 80.1 Å². The van der Waals surface area contributed by atoms with E-state index >= 15 is 0 Å². The van der Waals surface area contributed by atoms with Crippen LogP contribution < -0.4 is 0 Å². The molecule has 2 saturated heterocycles. The Morgan fingerprint density at radius 2 is 2.03 bits per heavy atom. The SMILES string of the molecule is CC(Sc1nnnn1CC1CCCO1)C(=O)N1CCN(Cc2ccccc2)CC1. The van der Waals surface area contributed by atoms with Crippen molar-refractivity contribution in [2.24, 2.45) is 0 Å². The number of benzene rings is 1. The summed E-state index contributed by atoms with van der Waals surface area (Å²) in [7, 11) is 0. The lowest BCUT2D eigenvalue weighted by atomic mass is 10.2. The molecular weight excluding hydrogens is 388 g/mol. The second-order valence-corrected chi connectivity index (χ2v) is 8.93. The molecule has 2 fully saturated rings. The Kier molecular flexibility index (Phi) is 6.78. The van der Waals surface area contributed by atoms with Gasteiger partial charge in [0.2, 0.25) is 11.1 Å². The van der Waals surface area contributed by atoms with Crippen LogP contribution in [0.5, 0.6) is 0 Å². The van der Waals surface area contributed by atoms with Crippen LogP contribution in [0.4, 0.5) is 0 Å². The first-order chi connectivity index (χ1) is 14.2. The normalized spacial score (nSPS) is 21.4. The van der Waals surface area contributed by atoms with E-state index in [-0.39, 0.29) is 17.3 Å². The van der Waals surface area contributed by atoms with E-state index < -0.39 is 0 Å². The fraction of sp³-hybridized carbons (Fsp3) is 0.600. The van der Waals surface area contributed by atoms with Gasteiger partial charge in [0, 0.05) is 39.3 Å². The molecule has 1 aromatic carbocycles. The number of hydrogen-bond acceptors (Lipinski definition) is 7. The van der Waals surface area contributed by atoms with Crippen LogP contribution in [0.25, 0.3) is 0 Å². The van der Waals surface area contributed by atoms with Crippen LogP contribution in [0.15, 0.2) is 35.5 Å². The Hall–Kier alpha value is -1.97. The summed E-state index contributed by atoms with van der Waals surface area (Å²) >= 11 is 1.43. The van der Waals surface area contributed by atoms with E-state index in [1.807, 2.05) is 17.9 Å². The summed E-state index contributed by atoms with van der Waals surface area (Å²) in [5, 5.41) is 12.5. The zero-order valence-corrected chi connectivity index (χ0v) is 17.6. The molecule has 4 rings (SSSR count). The van der Waals surface area contributed by atoms with Crippen molar-refractivity contribution in [3.63, 3.8) is 0 Å². The van der Waals surface area contributed by atoms with Gasteiger partial charge in [-0.3, -0.25) is 9.69 Å². The van der Waals surface area contributed by atoms with Gasteiger partial charge in [-0.2, -0.15) is 0 Å². The molecule has 1 aromatic heterocycles. The number of hydrogen-bond donors (Lipinski definition) is 0. The predicted molar refractivity (Wildman–Crippen MR) is 110 cm³/mol. The Bertz CT molecular complexity index is 787. The highest BCUT2D eigenvalue weighted by molar-refractivity contribution is 8.00. The lowest BCUT2D eigenvalue weighted by molar-refractivity contribution is -0.132. The fourth-order valence-electron chi connectivity index (χ4n) is 3.81. The molecule has 0 N–H and O–H groups in total. The minimum atomic E-state index is -0.218. The number of amides is 1. The number of rotatable bonds is 7. The smallest absolute Gasteiger partial charge is 0.235 e. The Morgan fingerprint density at radius 3 is 2.76 bits per heavy atom. The number of ether oxygens (including phenoxy) is 1. The van der Waals surface area contributed by atoms with Crippen LogP contribution in [0.3, 0.4) is 0 Å². The molecule has 2 aromatic rings. The van der Waals surface area contributed by atoms with Gasteiger partial charge < -0.3 is 9.64 Å². The zero-order valence-electron chi connectivity index (χ0n) is 16.8. The van der Waals surface area contributed by atoms with E-state index in [2.05, 4.69) is 44.7 Å². The second kappa shape index (κ2) is 9.69. The van der Waals surface area contributed by atoms with Crippen molar-refractivity contribution in [1.82, 2.24) is 30.0 Å². The average molecular weight is 417 g/mol. The van der Waals surface area contributed by atoms with Gasteiger partial charge in [-0.05, 0) is 35.8 Å². The number of aromatic nitrogens is 4. The maximum Gasteiger partial charge on any atom is 0.235 e. The summed E-state index contributed by atoms with van der Waals surface area (Å²) in [5.74, 6) is 0.154. The largest absolute Gasteiger partial charge is 0.376 e. The van der Waals surface area contributed by atoms with Crippen LogP contribution >= 0.6 is 11.8 Å². The van der Waals surface area contributed by atoms with Gasteiger partial charge in [0.25, 0.3) is 0 Å². The van der Waals surface area contributed by atoms with Gasteiger partial charge in [0.15, 0.2) is 0 Å². The first-order valence-electron chi connectivity index (χ1n) is 10.3. The predicted octanol–water partition coefficient (Wildman–Crippen LogP) is 1.68. The Balaban J connectivity index is 1.26. The van der Waals surface area contributed by atoms with Crippen LogP contribution in [0, 0.1) is 0 Å². The van der Waals surface area contributed by atoms with Gasteiger partial charge in [-0.1, -0.05) is 42.1 Å². The van der Waals surface area contributed by atoms with E-state index in [1.165, 1.54) is 17.3 Å². The summed E-state index contributed by atoms with van der Waals surface area (Å²) in [4.78, 5) is 17.3. The molecule has 1 amide bonds. The maximum absolute atomic E-state index is 12.9. The van der Waals surface area contributed by atoms with Gasteiger partial charge >= 0.3 is 0 Å². The van der Waals surface area contributed by atoms with Gasteiger partial charge in [0.05, 0.1) is 17.9 Å². The first kappa shape index (κ1) is 20.3. The van der Waals surface area contributed by atoms with Crippen molar-refractivity contribution in [3.05, 3.63) is 35.9 Å². The lowest BCUT2D eigenvalue weighted by Crippen LogP contribution is -2.50. The molecule has 2 aliphatic rings. The average Bonchev–Trinajstić information content (AvgIpc) is 3.42. The van der Waals surface area contributed by atoms with E-state index in [0.717, 1.165) is 52.2 Å². The molecule has 2 unspecified atom stereocenters. The van der Waals surface area contributed by atoms with Crippen molar-refractivity contribution in [2.45, 2.75) is 49.4 Å². The van der Waals surface area contributed by atoms with Crippen LogP contribution in [0.2, 0.25) is 0 Å². The molecule has 29 heavy (non-hydrogen) atoms. The molecule has 3 heterocycles. The third kappa shape index (κ3) is 5.34. The van der Waals surface area contributed by atoms with Crippen molar-refractivity contribution in [2.75, 3.05) is 32.8 Å². The molecule has 156 valence electrons. The fourth-order valence-corrected chi connectivity index (χ4v) is 4.69. The zero-order chi connectivity index (χ0) is 20.1. The highest BCUT2D eigenvalue weighted by atomic mass is 32.2. The van der Waals surface area contributed by atoms with Gasteiger partial charge in [0.1, 0.15) is 0 Å². The Labute approximate surface area is 175 Å². The van der Waals surface area contributed by atoms with E-state index in [0.29, 0.717) is 11.7 Å². The third-order valence-corrected chi connectivity index (χ3v) is 6.52. The Morgan fingerprint density at radius 1 is 1.24 bits per heavy atom. The number of thioether (sulfide) groups is 1. The summed E-state index contributed by atoms with van der Waals surface area (Å²) in [6.07, 6.45) is 2.29. The number of carbonyl (C=O) groups is 1. The molecule has 0 spiro atoms.